The minimum absolute atomic E-state index is 0.0288. The molecule has 3 fully saturated rings. The Balaban J connectivity index is 1.48. The molecule has 29 heavy (non-hydrogen) atoms. The maximum Gasteiger partial charge on any atom is 0.421 e. The van der Waals surface area contributed by atoms with Crippen LogP contribution in [0.1, 0.15) is 43.5 Å². The van der Waals surface area contributed by atoms with E-state index >= 15 is 0 Å². The van der Waals surface area contributed by atoms with Crippen molar-refractivity contribution in [3.05, 3.63) is 23.5 Å². The number of halogens is 3. The third-order valence-corrected chi connectivity index (χ3v) is 5.65. The lowest BCUT2D eigenvalue weighted by atomic mass is 10.0. The molecule has 2 atom stereocenters. The van der Waals surface area contributed by atoms with Crippen molar-refractivity contribution in [2.75, 3.05) is 23.8 Å². The number of esters is 1. The zero-order valence-electron chi connectivity index (χ0n) is 15.6. The number of cyclic esters (lactones) is 1. The molecular formula is C18H19F3N6O2. The second kappa shape index (κ2) is 6.07. The first-order chi connectivity index (χ1) is 13.8. The highest BCUT2D eigenvalue weighted by Gasteiger charge is 2.68. The van der Waals surface area contributed by atoms with Gasteiger partial charge in [-0.3, -0.25) is 4.79 Å². The van der Waals surface area contributed by atoms with Crippen LogP contribution in [-0.4, -0.2) is 38.9 Å². The number of carbonyl (C=O) groups excluding carboxylic acids is 1. The molecule has 1 aliphatic heterocycles. The van der Waals surface area contributed by atoms with Crippen molar-refractivity contribution in [1.29, 1.82) is 0 Å². The number of aromatic nitrogens is 4. The molecule has 5 rings (SSSR count). The number of rotatable bonds is 6. The average molecular weight is 408 g/mol. The summed E-state index contributed by atoms with van der Waals surface area (Å²) in [6, 6.07) is 1.96. The minimum Gasteiger partial charge on any atom is -0.465 e. The van der Waals surface area contributed by atoms with Gasteiger partial charge in [0.15, 0.2) is 0 Å². The Kier molecular flexibility index (Phi) is 3.81. The molecule has 0 radical (unpaired) electrons. The topological polar surface area (TPSA) is 94.0 Å². The first kappa shape index (κ1) is 18.2. The normalized spacial score (nSPS) is 25.5. The van der Waals surface area contributed by atoms with Gasteiger partial charge >= 0.3 is 12.1 Å². The summed E-state index contributed by atoms with van der Waals surface area (Å²) >= 11 is 0. The van der Waals surface area contributed by atoms with E-state index in [9.17, 15) is 18.0 Å². The van der Waals surface area contributed by atoms with Gasteiger partial charge in [-0.15, -0.1) is 0 Å². The Bertz CT molecular complexity index is 986. The molecule has 11 heteroatoms. The lowest BCUT2D eigenvalue weighted by Crippen LogP contribution is -2.19. The fourth-order valence-electron chi connectivity index (χ4n) is 3.87. The van der Waals surface area contributed by atoms with Crippen molar-refractivity contribution < 1.29 is 22.7 Å². The standard InChI is InChI=1S/C18H19F3N6O2/c1-2-22-14-11(18(19,20)21)7-23-16(25-14)24-13-5-12(26-27(13)10-3-4-10)17-6-9(17)8-29-15(17)28/h5,7,9-10H,2-4,6,8H2,1H3,(H2,22,23,24,25)/t9-,17-/m1/s1. The molecule has 1 saturated heterocycles. The zero-order valence-corrected chi connectivity index (χ0v) is 15.6. The number of fused-ring (bicyclic) bond motifs is 1. The second-order valence-electron chi connectivity index (χ2n) is 7.67. The van der Waals surface area contributed by atoms with E-state index in [-0.39, 0.29) is 36.2 Å². The molecule has 3 heterocycles. The van der Waals surface area contributed by atoms with Crippen LogP contribution < -0.4 is 10.6 Å². The average Bonchev–Trinajstić information content (AvgIpc) is 3.56. The van der Waals surface area contributed by atoms with E-state index in [4.69, 9.17) is 4.74 Å². The summed E-state index contributed by atoms with van der Waals surface area (Å²) < 4.78 is 46.4. The summed E-state index contributed by atoms with van der Waals surface area (Å²) in [7, 11) is 0. The van der Waals surface area contributed by atoms with Crippen molar-refractivity contribution >= 4 is 23.6 Å². The summed E-state index contributed by atoms with van der Waals surface area (Å²) in [5, 5.41) is 10.2. The van der Waals surface area contributed by atoms with Gasteiger partial charge in [-0.25, -0.2) is 9.67 Å². The summed E-state index contributed by atoms with van der Waals surface area (Å²) in [6.45, 7) is 2.39. The van der Waals surface area contributed by atoms with Crippen LogP contribution in [0.25, 0.3) is 0 Å². The predicted molar refractivity (Wildman–Crippen MR) is 95.7 cm³/mol. The quantitative estimate of drug-likeness (QED) is 0.710. The molecule has 2 aliphatic carbocycles. The van der Waals surface area contributed by atoms with Gasteiger partial charge in [0.05, 0.1) is 18.3 Å². The lowest BCUT2D eigenvalue weighted by molar-refractivity contribution is -0.142. The number of ether oxygens (including phenoxy) is 1. The van der Waals surface area contributed by atoms with Crippen LogP contribution in [0.5, 0.6) is 0 Å². The van der Waals surface area contributed by atoms with Crippen LogP contribution in [0, 0.1) is 5.92 Å². The summed E-state index contributed by atoms with van der Waals surface area (Å²) in [5.74, 6) is 0.198. The number of nitrogens with zero attached hydrogens (tertiary/aromatic N) is 4. The summed E-state index contributed by atoms with van der Waals surface area (Å²) in [6.07, 6.45) is -1.17. The minimum atomic E-state index is -4.55. The van der Waals surface area contributed by atoms with E-state index < -0.39 is 17.2 Å². The van der Waals surface area contributed by atoms with E-state index in [1.165, 1.54) is 0 Å². The Morgan fingerprint density at radius 1 is 1.38 bits per heavy atom. The Labute approximate surface area is 163 Å². The molecule has 2 N–H and O–H groups in total. The number of carbonyl (C=O) groups is 1. The van der Waals surface area contributed by atoms with Crippen LogP contribution in [0.15, 0.2) is 12.3 Å². The molecule has 0 aromatic carbocycles. The molecule has 0 unspecified atom stereocenters. The van der Waals surface area contributed by atoms with Gasteiger partial charge in [0.1, 0.15) is 22.6 Å². The molecule has 3 aliphatic rings. The van der Waals surface area contributed by atoms with Crippen LogP contribution in [0.4, 0.5) is 30.8 Å². The summed E-state index contributed by atoms with van der Waals surface area (Å²) in [5.41, 5.74) is -0.958. The van der Waals surface area contributed by atoms with Crippen LogP contribution in [0.3, 0.4) is 0 Å². The maximum atomic E-state index is 13.2. The third kappa shape index (κ3) is 2.90. The molecule has 8 nitrogen and oxygen atoms in total. The second-order valence-corrected chi connectivity index (χ2v) is 7.67. The smallest absolute Gasteiger partial charge is 0.421 e. The van der Waals surface area contributed by atoms with Gasteiger partial charge < -0.3 is 15.4 Å². The van der Waals surface area contributed by atoms with E-state index in [0.29, 0.717) is 24.5 Å². The molecule has 154 valence electrons. The van der Waals surface area contributed by atoms with Crippen molar-refractivity contribution in [2.24, 2.45) is 5.92 Å². The SMILES string of the molecule is CCNc1nc(Nc2cc([C@@]34C[C@@H]3COC4=O)nn2C2CC2)ncc1C(F)(F)F. The Morgan fingerprint density at radius 2 is 2.17 bits per heavy atom. The number of nitrogens with one attached hydrogen (secondary N) is 2. The number of hydrogen-bond acceptors (Lipinski definition) is 7. The molecule has 2 aromatic rings. The van der Waals surface area contributed by atoms with Gasteiger partial charge in [-0.2, -0.15) is 23.3 Å². The molecule has 0 amide bonds. The van der Waals surface area contributed by atoms with Gasteiger partial charge in [0, 0.05) is 24.7 Å². The van der Waals surface area contributed by atoms with Gasteiger partial charge in [0.2, 0.25) is 5.95 Å². The van der Waals surface area contributed by atoms with Gasteiger partial charge in [-0.05, 0) is 26.2 Å². The summed E-state index contributed by atoms with van der Waals surface area (Å²) in [4.78, 5) is 20.1. The van der Waals surface area contributed by atoms with Crippen molar-refractivity contribution in [2.45, 2.75) is 43.8 Å². The number of alkyl halides is 3. The monoisotopic (exact) mass is 408 g/mol. The molecule has 0 spiro atoms. The van der Waals surface area contributed by atoms with Crippen LogP contribution in [0.2, 0.25) is 0 Å². The van der Waals surface area contributed by atoms with E-state index in [2.05, 4.69) is 25.7 Å². The van der Waals surface area contributed by atoms with Gasteiger partial charge in [-0.1, -0.05) is 0 Å². The lowest BCUT2D eigenvalue weighted by Gasteiger charge is -2.14. The van der Waals surface area contributed by atoms with Crippen LogP contribution in [-0.2, 0) is 21.1 Å². The highest BCUT2D eigenvalue weighted by molar-refractivity contribution is 5.89. The highest BCUT2D eigenvalue weighted by atomic mass is 19.4. The fraction of sp³-hybridized carbons (Fsp3) is 0.556. The number of hydrogen-bond donors (Lipinski definition) is 2. The Morgan fingerprint density at radius 3 is 2.76 bits per heavy atom. The molecule has 0 bridgehead atoms. The van der Waals surface area contributed by atoms with Crippen molar-refractivity contribution in [3.63, 3.8) is 0 Å². The zero-order chi connectivity index (χ0) is 20.4. The predicted octanol–water partition coefficient (Wildman–Crippen LogP) is 3.02. The maximum absolute atomic E-state index is 13.2. The van der Waals surface area contributed by atoms with Crippen molar-refractivity contribution in [1.82, 2.24) is 19.7 Å². The van der Waals surface area contributed by atoms with E-state index in [1.54, 1.807) is 17.7 Å². The molecular weight excluding hydrogens is 389 g/mol. The Hall–Kier alpha value is -2.85. The van der Waals surface area contributed by atoms with E-state index in [0.717, 1.165) is 19.0 Å². The number of anilines is 3. The largest absolute Gasteiger partial charge is 0.465 e. The van der Waals surface area contributed by atoms with Crippen molar-refractivity contribution in [3.8, 4) is 0 Å². The highest BCUT2D eigenvalue weighted by Crippen LogP contribution is 2.59. The first-order valence-electron chi connectivity index (χ1n) is 9.55. The van der Waals surface area contributed by atoms with Gasteiger partial charge in [0.25, 0.3) is 0 Å². The first-order valence-corrected chi connectivity index (χ1v) is 9.55. The van der Waals surface area contributed by atoms with Crippen LogP contribution >= 0.6 is 0 Å². The fourth-order valence-corrected chi connectivity index (χ4v) is 3.87. The third-order valence-electron chi connectivity index (χ3n) is 5.65. The van der Waals surface area contributed by atoms with E-state index in [1.807, 2.05) is 0 Å². The molecule has 2 saturated carbocycles. The molecule has 2 aromatic heterocycles.